The van der Waals surface area contributed by atoms with Gasteiger partial charge in [-0.3, -0.25) is 14.9 Å². The average Bonchev–Trinajstić information content (AvgIpc) is 3.30. The number of rotatable bonds is 7. The smallest absolute Gasteiger partial charge is 0.257 e. The number of carbonyl (C=O) groups is 2. The van der Waals surface area contributed by atoms with Gasteiger partial charge in [0.1, 0.15) is 0 Å². The highest BCUT2D eigenvalue weighted by molar-refractivity contribution is 7.14. The van der Waals surface area contributed by atoms with Crippen LogP contribution in [0.25, 0.3) is 0 Å². The molecule has 2 amide bonds. The molecule has 0 saturated heterocycles. The number of thiazole rings is 2. The first kappa shape index (κ1) is 19.2. The Labute approximate surface area is 165 Å². The molecule has 3 rings (SSSR count). The van der Waals surface area contributed by atoms with Gasteiger partial charge in [0.15, 0.2) is 5.13 Å². The highest BCUT2D eigenvalue weighted by Gasteiger charge is 2.12. The summed E-state index contributed by atoms with van der Waals surface area (Å²) in [5.41, 5.74) is 2.06. The highest BCUT2D eigenvalue weighted by Crippen LogP contribution is 2.19. The quantitative estimate of drug-likeness (QED) is 0.631. The van der Waals surface area contributed by atoms with E-state index in [1.165, 1.54) is 11.3 Å². The van der Waals surface area contributed by atoms with Crippen molar-refractivity contribution in [2.45, 2.75) is 32.7 Å². The van der Waals surface area contributed by atoms with Crippen molar-refractivity contribution in [3.05, 3.63) is 63.1 Å². The monoisotopic (exact) mass is 400 g/mol. The molecule has 6 nitrogen and oxygen atoms in total. The van der Waals surface area contributed by atoms with Gasteiger partial charge in [0.25, 0.3) is 5.91 Å². The Hall–Kier alpha value is -2.58. The van der Waals surface area contributed by atoms with E-state index in [4.69, 9.17) is 0 Å². The summed E-state index contributed by atoms with van der Waals surface area (Å²) in [7, 11) is 0. The standard InChI is InChI=1S/C19H20N4O2S2/c1-12(2)18-21-15(11-26-18)9-20-16(24)8-14-10-27-19(22-14)23-17(25)13-6-4-3-5-7-13/h3-7,10-12H,8-9H2,1-2H3,(H,20,24)(H,22,23,25). The Morgan fingerprint density at radius 1 is 1.04 bits per heavy atom. The Morgan fingerprint density at radius 3 is 2.48 bits per heavy atom. The molecule has 0 aliphatic carbocycles. The number of nitrogens with one attached hydrogen (secondary N) is 2. The predicted molar refractivity (Wildman–Crippen MR) is 108 cm³/mol. The van der Waals surface area contributed by atoms with Gasteiger partial charge in [-0.1, -0.05) is 32.0 Å². The van der Waals surface area contributed by atoms with Crippen molar-refractivity contribution >= 4 is 39.6 Å². The third-order valence-corrected chi connectivity index (χ3v) is 5.68. The molecule has 8 heteroatoms. The van der Waals surface area contributed by atoms with Crippen LogP contribution < -0.4 is 10.6 Å². The molecule has 0 unspecified atom stereocenters. The molecule has 3 aromatic rings. The van der Waals surface area contributed by atoms with Crippen molar-refractivity contribution in [2.24, 2.45) is 0 Å². The Morgan fingerprint density at radius 2 is 1.78 bits per heavy atom. The number of nitrogens with zero attached hydrogens (tertiary/aromatic N) is 2. The van der Waals surface area contributed by atoms with Crippen LogP contribution in [0.1, 0.15) is 46.5 Å². The fraction of sp³-hybridized carbons (Fsp3) is 0.263. The van der Waals surface area contributed by atoms with Crippen LogP contribution in [-0.4, -0.2) is 21.8 Å². The molecule has 0 atom stereocenters. The molecular weight excluding hydrogens is 380 g/mol. The van der Waals surface area contributed by atoms with Crippen LogP contribution in [0, 0.1) is 0 Å². The molecule has 2 aromatic heterocycles. The second-order valence-electron chi connectivity index (χ2n) is 6.25. The zero-order valence-electron chi connectivity index (χ0n) is 15.1. The molecule has 140 valence electrons. The summed E-state index contributed by atoms with van der Waals surface area (Å²) in [5.74, 6) is 0.0461. The van der Waals surface area contributed by atoms with Gasteiger partial charge in [0.05, 0.1) is 29.4 Å². The summed E-state index contributed by atoms with van der Waals surface area (Å²) in [4.78, 5) is 33.1. The van der Waals surface area contributed by atoms with Gasteiger partial charge in [-0.25, -0.2) is 9.97 Å². The Bertz CT molecular complexity index is 919. The molecule has 2 N–H and O–H groups in total. The van der Waals surface area contributed by atoms with Crippen LogP contribution in [0.5, 0.6) is 0 Å². The Kier molecular flexibility index (Phi) is 6.31. The molecule has 0 radical (unpaired) electrons. The minimum atomic E-state index is -0.217. The Balaban J connectivity index is 1.49. The molecule has 0 aliphatic heterocycles. The molecule has 0 bridgehead atoms. The van der Waals surface area contributed by atoms with Gasteiger partial charge in [0.2, 0.25) is 5.91 Å². The molecule has 0 saturated carbocycles. The van der Waals surface area contributed by atoms with E-state index in [-0.39, 0.29) is 18.2 Å². The van der Waals surface area contributed by atoms with E-state index in [2.05, 4.69) is 34.4 Å². The largest absolute Gasteiger partial charge is 0.350 e. The fourth-order valence-corrected chi connectivity index (χ4v) is 3.83. The minimum Gasteiger partial charge on any atom is -0.350 e. The van der Waals surface area contributed by atoms with Crippen LogP contribution in [-0.2, 0) is 17.8 Å². The number of hydrogen-bond donors (Lipinski definition) is 2. The van der Waals surface area contributed by atoms with E-state index in [1.54, 1.807) is 41.0 Å². The van der Waals surface area contributed by atoms with Gasteiger partial charge >= 0.3 is 0 Å². The fourth-order valence-electron chi connectivity index (χ4n) is 2.29. The van der Waals surface area contributed by atoms with E-state index in [0.29, 0.717) is 28.9 Å². The SMILES string of the molecule is CC(C)c1nc(CNC(=O)Cc2csc(NC(=O)c3ccccc3)n2)cs1. The van der Waals surface area contributed by atoms with E-state index < -0.39 is 0 Å². The first-order valence-corrected chi connectivity index (χ1v) is 10.3. The van der Waals surface area contributed by atoms with E-state index in [0.717, 1.165) is 10.7 Å². The lowest BCUT2D eigenvalue weighted by Crippen LogP contribution is -2.24. The number of carbonyl (C=O) groups excluding carboxylic acids is 2. The second kappa shape index (κ2) is 8.88. The van der Waals surface area contributed by atoms with Crippen molar-refractivity contribution in [1.82, 2.24) is 15.3 Å². The summed E-state index contributed by atoms with van der Waals surface area (Å²) in [6, 6.07) is 8.94. The zero-order chi connectivity index (χ0) is 19.2. The van der Waals surface area contributed by atoms with Crippen LogP contribution >= 0.6 is 22.7 Å². The number of amides is 2. The zero-order valence-corrected chi connectivity index (χ0v) is 16.7. The van der Waals surface area contributed by atoms with Crippen LogP contribution in [0.15, 0.2) is 41.1 Å². The molecule has 1 aromatic carbocycles. The van der Waals surface area contributed by atoms with Gasteiger partial charge in [-0.05, 0) is 12.1 Å². The van der Waals surface area contributed by atoms with Crippen LogP contribution in [0.4, 0.5) is 5.13 Å². The minimum absolute atomic E-state index is 0.125. The van der Waals surface area contributed by atoms with Crippen molar-refractivity contribution < 1.29 is 9.59 Å². The summed E-state index contributed by atoms with van der Waals surface area (Å²) in [5, 5.41) is 10.9. The second-order valence-corrected chi connectivity index (χ2v) is 8.00. The lowest BCUT2D eigenvalue weighted by atomic mass is 10.2. The van der Waals surface area contributed by atoms with Gasteiger partial charge in [-0.2, -0.15) is 0 Å². The van der Waals surface area contributed by atoms with Crippen LogP contribution in [0.3, 0.4) is 0 Å². The first-order valence-electron chi connectivity index (χ1n) is 8.53. The van der Waals surface area contributed by atoms with Gasteiger partial charge < -0.3 is 5.32 Å². The van der Waals surface area contributed by atoms with Crippen LogP contribution in [0.2, 0.25) is 0 Å². The number of aromatic nitrogens is 2. The predicted octanol–water partition coefficient (Wildman–Crippen LogP) is 3.83. The van der Waals surface area contributed by atoms with E-state index in [1.807, 2.05) is 11.4 Å². The number of benzene rings is 1. The van der Waals surface area contributed by atoms with E-state index >= 15 is 0 Å². The molecule has 0 aliphatic rings. The van der Waals surface area contributed by atoms with Crippen molar-refractivity contribution in [2.75, 3.05) is 5.32 Å². The molecule has 27 heavy (non-hydrogen) atoms. The molecular formula is C19H20N4O2S2. The third-order valence-electron chi connectivity index (χ3n) is 3.68. The van der Waals surface area contributed by atoms with Crippen molar-refractivity contribution in [3.63, 3.8) is 0 Å². The number of anilines is 1. The first-order chi connectivity index (χ1) is 13.0. The summed E-state index contributed by atoms with van der Waals surface area (Å²) >= 11 is 2.91. The molecule has 2 heterocycles. The van der Waals surface area contributed by atoms with E-state index in [9.17, 15) is 9.59 Å². The van der Waals surface area contributed by atoms with Gasteiger partial charge in [0, 0.05) is 22.2 Å². The summed E-state index contributed by atoms with van der Waals surface area (Å²) < 4.78 is 0. The third kappa shape index (κ3) is 5.45. The number of hydrogen-bond acceptors (Lipinski definition) is 6. The maximum absolute atomic E-state index is 12.1. The lowest BCUT2D eigenvalue weighted by Gasteiger charge is -2.02. The normalized spacial score (nSPS) is 10.8. The average molecular weight is 401 g/mol. The molecule has 0 fully saturated rings. The summed E-state index contributed by atoms with van der Waals surface area (Å²) in [6.07, 6.45) is 0.166. The lowest BCUT2D eigenvalue weighted by molar-refractivity contribution is -0.120. The topological polar surface area (TPSA) is 84.0 Å². The van der Waals surface area contributed by atoms with Crippen molar-refractivity contribution in [1.29, 1.82) is 0 Å². The summed E-state index contributed by atoms with van der Waals surface area (Å²) in [6.45, 7) is 4.60. The maximum atomic E-state index is 12.1. The maximum Gasteiger partial charge on any atom is 0.257 e. The highest BCUT2D eigenvalue weighted by atomic mass is 32.1. The van der Waals surface area contributed by atoms with Gasteiger partial charge in [-0.15, -0.1) is 22.7 Å². The van der Waals surface area contributed by atoms with Crippen molar-refractivity contribution in [3.8, 4) is 0 Å². The molecule has 0 spiro atoms.